The van der Waals surface area contributed by atoms with Gasteiger partial charge in [0.15, 0.2) is 0 Å². The second-order valence-corrected chi connectivity index (χ2v) is 9.41. The third-order valence-corrected chi connectivity index (χ3v) is 5.92. The van der Waals surface area contributed by atoms with Crippen LogP contribution in [0.15, 0.2) is 36.5 Å². The van der Waals surface area contributed by atoms with Gasteiger partial charge in [0.05, 0.1) is 12.2 Å². The number of nitrogens with one attached hydrogen (secondary N) is 4. The lowest BCUT2D eigenvalue weighted by molar-refractivity contribution is -0.134. The molecule has 38 heavy (non-hydrogen) atoms. The molecular weight excluding hydrogens is 492 g/mol. The van der Waals surface area contributed by atoms with Crippen LogP contribution in [0.2, 0.25) is 0 Å². The minimum atomic E-state index is -1.50. The van der Waals surface area contributed by atoms with Crippen molar-refractivity contribution in [3.63, 3.8) is 0 Å². The number of rotatable bonds is 13. The fourth-order valence-electron chi connectivity index (χ4n) is 3.74. The van der Waals surface area contributed by atoms with Gasteiger partial charge in [0.2, 0.25) is 23.6 Å². The number of carbonyl (C=O) groups excluding carboxylic acids is 4. The molecule has 0 unspecified atom stereocenters. The first-order valence-corrected chi connectivity index (χ1v) is 13.4. The molecule has 7 N–H and O–H groups in total. The predicted octanol–water partition coefficient (Wildman–Crippen LogP) is 0.462. The summed E-state index contributed by atoms with van der Waals surface area (Å²) in [7, 11) is 0. The van der Waals surface area contributed by atoms with E-state index in [9.17, 15) is 34.5 Å². The summed E-state index contributed by atoms with van der Waals surface area (Å²) in [6.45, 7) is 3.62. The zero-order chi connectivity index (χ0) is 28.3. The maximum Gasteiger partial charge on any atom is 0.245 e. The summed E-state index contributed by atoms with van der Waals surface area (Å²) in [5, 5.41) is 39.9. The number of aliphatic hydroxyl groups excluding tert-OH is 3. The molecular formula is C27H44N4O7. The molecule has 11 nitrogen and oxygen atoms in total. The minimum absolute atomic E-state index is 0.120. The summed E-state index contributed by atoms with van der Waals surface area (Å²) in [4.78, 5) is 49.4. The number of unbranched alkanes of at least 4 members (excludes halogenated alkanes) is 6. The Morgan fingerprint density at radius 3 is 2.55 bits per heavy atom. The fraction of sp³-hybridized carbons (Fsp3) is 0.630. The summed E-state index contributed by atoms with van der Waals surface area (Å²) in [5.74, 6) is -2.73. The molecule has 1 rings (SSSR count). The van der Waals surface area contributed by atoms with Crippen molar-refractivity contribution >= 4 is 23.6 Å². The highest BCUT2D eigenvalue weighted by Gasteiger charge is 2.31. The maximum absolute atomic E-state index is 12.9. The zero-order valence-corrected chi connectivity index (χ0v) is 22.4. The van der Waals surface area contributed by atoms with E-state index in [2.05, 4.69) is 28.2 Å². The Morgan fingerprint density at radius 1 is 1.13 bits per heavy atom. The Morgan fingerprint density at radius 2 is 1.84 bits per heavy atom. The summed E-state index contributed by atoms with van der Waals surface area (Å²) < 4.78 is 0. The second kappa shape index (κ2) is 19.1. The first-order valence-electron chi connectivity index (χ1n) is 13.4. The monoisotopic (exact) mass is 536 g/mol. The molecule has 0 fully saturated rings. The van der Waals surface area contributed by atoms with Crippen molar-refractivity contribution in [3.8, 4) is 0 Å². The van der Waals surface area contributed by atoms with Crippen molar-refractivity contribution in [1.29, 1.82) is 0 Å². The molecule has 214 valence electrons. The van der Waals surface area contributed by atoms with Gasteiger partial charge in [0, 0.05) is 25.1 Å². The lowest BCUT2D eigenvalue weighted by atomic mass is 10.0. The zero-order valence-electron chi connectivity index (χ0n) is 22.4. The number of allylic oxidation sites excluding steroid dienone is 3. The smallest absolute Gasteiger partial charge is 0.245 e. The van der Waals surface area contributed by atoms with Crippen molar-refractivity contribution < 1.29 is 34.5 Å². The van der Waals surface area contributed by atoms with Crippen LogP contribution < -0.4 is 21.3 Å². The number of carbonyl (C=O) groups is 4. The molecule has 5 atom stereocenters. The third-order valence-electron chi connectivity index (χ3n) is 5.92. The average molecular weight is 537 g/mol. The van der Waals surface area contributed by atoms with Crippen LogP contribution >= 0.6 is 0 Å². The predicted molar refractivity (Wildman–Crippen MR) is 143 cm³/mol. The molecule has 0 radical (unpaired) electrons. The van der Waals surface area contributed by atoms with Crippen molar-refractivity contribution in [2.75, 3.05) is 6.54 Å². The maximum atomic E-state index is 12.9. The van der Waals surface area contributed by atoms with Crippen LogP contribution in [-0.4, -0.2) is 76.0 Å². The molecule has 0 saturated heterocycles. The first-order chi connectivity index (χ1) is 18.1. The summed E-state index contributed by atoms with van der Waals surface area (Å²) in [6, 6.07) is -2.64. The summed E-state index contributed by atoms with van der Waals surface area (Å²) in [6.07, 6.45) is 12.8. The fourth-order valence-corrected chi connectivity index (χ4v) is 3.74. The Balaban J connectivity index is 2.69. The van der Waals surface area contributed by atoms with Gasteiger partial charge in [-0.1, -0.05) is 57.3 Å². The van der Waals surface area contributed by atoms with E-state index in [1.807, 2.05) is 6.08 Å². The van der Waals surface area contributed by atoms with Crippen LogP contribution in [0.3, 0.4) is 0 Å². The molecule has 0 saturated carbocycles. The van der Waals surface area contributed by atoms with E-state index in [4.69, 9.17) is 0 Å². The van der Waals surface area contributed by atoms with Gasteiger partial charge < -0.3 is 36.6 Å². The molecule has 1 heterocycles. The normalized spacial score (nSPS) is 23.6. The molecule has 0 bridgehead atoms. The quantitative estimate of drug-likeness (QED) is 0.102. The average Bonchev–Trinajstić information content (AvgIpc) is 2.85. The van der Waals surface area contributed by atoms with E-state index in [1.54, 1.807) is 12.2 Å². The van der Waals surface area contributed by atoms with E-state index in [-0.39, 0.29) is 19.4 Å². The van der Waals surface area contributed by atoms with Crippen LogP contribution in [0.1, 0.15) is 71.6 Å². The molecule has 1 aliphatic heterocycles. The largest absolute Gasteiger partial charge is 0.393 e. The van der Waals surface area contributed by atoms with E-state index < -0.39 is 54.1 Å². The molecule has 0 spiro atoms. The number of hydrogen-bond donors (Lipinski definition) is 7. The van der Waals surface area contributed by atoms with Crippen molar-refractivity contribution in [3.05, 3.63) is 36.5 Å². The third kappa shape index (κ3) is 14.7. The molecule has 0 aromatic rings. The van der Waals surface area contributed by atoms with Gasteiger partial charge in [-0.05, 0) is 32.3 Å². The van der Waals surface area contributed by atoms with Crippen molar-refractivity contribution in [2.24, 2.45) is 0 Å². The SMILES string of the molecule is CCCCCCCC/C=C/C=C/C(=O)N[C@H](C(=O)N[C@H]1C[C@H](O)CCNC(=O)/C=C/[C@H](O)NC1=O)[C@H](C)O. The summed E-state index contributed by atoms with van der Waals surface area (Å²) >= 11 is 0. The van der Waals surface area contributed by atoms with Crippen LogP contribution in [0.25, 0.3) is 0 Å². The second-order valence-electron chi connectivity index (χ2n) is 9.41. The molecule has 0 aliphatic carbocycles. The number of amides is 4. The highest BCUT2D eigenvalue weighted by atomic mass is 16.3. The van der Waals surface area contributed by atoms with Crippen LogP contribution in [0.4, 0.5) is 0 Å². The highest BCUT2D eigenvalue weighted by Crippen LogP contribution is 2.08. The van der Waals surface area contributed by atoms with Crippen LogP contribution in [0.5, 0.6) is 0 Å². The van der Waals surface area contributed by atoms with Gasteiger partial charge in [-0.25, -0.2) is 0 Å². The molecule has 11 heteroatoms. The van der Waals surface area contributed by atoms with Crippen molar-refractivity contribution in [2.45, 2.75) is 102 Å². The lowest BCUT2D eigenvalue weighted by Gasteiger charge is -2.26. The number of hydrogen-bond acceptors (Lipinski definition) is 7. The number of aliphatic hydroxyl groups is 3. The van der Waals surface area contributed by atoms with E-state index >= 15 is 0 Å². The molecule has 1 aliphatic rings. The van der Waals surface area contributed by atoms with E-state index in [1.165, 1.54) is 45.1 Å². The van der Waals surface area contributed by atoms with Crippen molar-refractivity contribution in [1.82, 2.24) is 21.3 Å². The molecule has 4 amide bonds. The topological polar surface area (TPSA) is 177 Å². The molecule has 0 aromatic heterocycles. The van der Waals surface area contributed by atoms with Crippen LogP contribution in [0, 0.1) is 0 Å². The Hall–Kier alpha value is -3.02. The summed E-state index contributed by atoms with van der Waals surface area (Å²) in [5.41, 5.74) is 0. The standard InChI is InChI=1S/C27H44N4O7/c1-3-4-5-6-7-8-9-10-11-12-13-23(35)30-25(19(2)32)27(38)29-21-18-20(33)16-17-28-22(34)14-15-24(36)31-26(21)37/h10-15,19-21,24-25,32-33,36H,3-9,16-18H2,1-2H3,(H,28,34)(H,29,38)(H,30,35)(H,31,37)/b11-10+,13-12+,15-14+/t19-,20+,21-,24-,25-/m0/s1. The van der Waals surface area contributed by atoms with Gasteiger partial charge in [-0.2, -0.15) is 0 Å². The Bertz CT molecular complexity index is 841. The Kier molecular flexibility index (Phi) is 16.6. The van der Waals surface area contributed by atoms with E-state index in [0.717, 1.165) is 25.0 Å². The minimum Gasteiger partial charge on any atom is -0.393 e. The van der Waals surface area contributed by atoms with E-state index in [0.29, 0.717) is 0 Å². The first kappa shape index (κ1) is 33.0. The van der Waals surface area contributed by atoms with Gasteiger partial charge in [0.1, 0.15) is 18.3 Å². The van der Waals surface area contributed by atoms with Gasteiger partial charge >= 0.3 is 0 Å². The van der Waals surface area contributed by atoms with Gasteiger partial charge in [0.25, 0.3) is 0 Å². The lowest BCUT2D eigenvalue weighted by Crippen LogP contribution is -2.58. The van der Waals surface area contributed by atoms with Gasteiger partial charge in [-0.15, -0.1) is 0 Å². The van der Waals surface area contributed by atoms with Gasteiger partial charge in [-0.3, -0.25) is 19.2 Å². The highest BCUT2D eigenvalue weighted by molar-refractivity contribution is 5.95. The Labute approximate surface area is 224 Å². The molecule has 0 aromatic carbocycles. The van der Waals surface area contributed by atoms with Crippen LogP contribution in [-0.2, 0) is 19.2 Å².